The highest BCUT2D eigenvalue weighted by atomic mass is 14.7. The highest BCUT2D eigenvalue weighted by Gasteiger charge is 2.41. The molecule has 104 valence electrons. The van der Waals surface area contributed by atoms with Gasteiger partial charge < -0.3 is 5.73 Å². The second kappa shape index (κ2) is 5.37. The van der Waals surface area contributed by atoms with Crippen molar-refractivity contribution in [2.75, 3.05) is 0 Å². The molecule has 0 aliphatic heterocycles. The van der Waals surface area contributed by atoms with Crippen LogP contribution in [0.25, 0.3) is 0 Å². The molecule has 2 aromatic rings. The molecule has 1 atom stereocenters. The lowest BCUT2D eigenvalue weighted by Gasteiger charge is -2.36. The average Bonchev–Trinajstić information content (AvgIpc) is 2.98. The van der Waals surface area contributed by atoms with Crippen molar-refractivity contribution in [1.29, 1.82) is 0 Å². The Morgan fingerprint density at radius 1 is 1.10 bits per heavy atom. The highest BCUT2D eigenvalue weighted by molar-refractivity contribution is 5.34. The van der Waals surface area contributed by atoms with Gasteiger partial charge in [-0.3, -0.25) is 4.98 Å². The van der Waals surface area contributed by atoms with Gasteiger partial charge in [0.25, 0.3) is 0 Å². The number of rotatable bonds is 3. The van der Waals surface area contributed by atoms with Crippen LogP contribution in [0.2, 0.25) is 0 Å². The number of nitrogens with zero attached hydrogens (tertiary/aromatic N) is 1. The van der Waals surface area contributed by atoms with Crippen LogP contribution in [0.5, 0.6) is 0 Å². The van der Waals surface area contributed by atoms with E-state index in [9.17, 15) is 0 Å². The third-order valence-electron chi connectivity index (χ3n) is 4.70. The van der Waals surface area contributed by atoms with E-state index in [1.807, 2.05) is 12.4 Å². The van der Waals surface area contributed by atoms with Crippen LogP contribution in [-0.2, 0) is 5.41 Å². The summed E-state index contributed by atoms with van der Waals surface area (Å²) >= 11 is 0. The van der Waals surface area contributed by atoms with E-state index < -0.39 is 0 Å². The second-order valence-electron chi connectivity index (χ2n) is 6.00. The molecule has 3 rings (SSSR count). The molecule has 1 unspecified atom stereocenters. The minimum absolute atomic E-state index is 0.0276. The van der Waals surface area contributed by atoms with Crippen molar-refractivity contribution in [3.05, 3.63) is 65.5 Å². The van der Waals surface area contributed by atoms with E-state index in [4.69, 9.17) is 5.73 Å². The fourth-order valence-corrected chi connectivity index (χ4v) is 3.62. The van der Waals surface area contributed by atoms with Crippen molar-refractivity contribution < 1.29 is 0 Å². The van der Waals surface area contributed by atoms with Gasteiger partial charge in [-0.05, 0) is 36.5 Å². The monoisotopic (exact) mass is 266 g/mol. The lowest BCUT2D eigenvalue weighted by Crippen LogP contribution is -2.36. The Bertz CT molecular complexity index is 571. The molecule has 0 radical (unpaired) electrons. The number of hydrogen-bond donors (Lipinski definition) is 1. The van der Waals surface area contributed by atoms with E-state index in [0.717, 1.165) is 5.56 Å². The van der Waals surface area contributed by atoms with E-state index in [1.165, 1.54) is 36.8 Å². The molecule has 2 nitrogen and oxygen atoms in total. The van der Waals surface area contributed by atoms with E-state index in [0.29, 0.717) is 0 Å². The number of hydrogen-bond acceptors (Lipinski definition) is 2. The van der Waals surface area contributed by atoms with Crippen LogP contribution in [0.1, 0.15) is 48.4 Å². The van der Waals surface area contributed by atoms with Gasteiger partial charge in [0.2, 0.25) is 0 Å². The minimum atomic E-state index is 0.0276. The first kappa shape index (κ1) is 13.3. The number of benzene rings is 1. The summed E-state index contributed by atoms with van der Waals surface area (Å²) in [7, 11) is 0. The van der Waals surface area contributed by atoms with Crippen molar-refractivity contribution in [2.24, 2.45) is 5.73 Å². The Labute approximate surface area is 121 Å². The molecule has 1 saturated carbocycles. The van der Waals surface area contributed by atoms with Crippen LogP contribution in [-0.4, -0.2) is 4.98 Å². The molecule has 0 saturated heterocycles. The van der Waals surface area contributed by atoms with E-state index >= 15 is 0 Å². The quantitative estimate of drug-likeness (QED) is 0.915. The van der Waals surface area contributed by atoms with Crippen LogP contribution < -0.4 is 5.73 Å². The second-order valence-corrected chi connectivity index (χ2v) is 6.00. The van der Waals surface area contributed by atoms with Gasteiger partial charge in [-0.2, -0.15) is 0 Å². The van der Waals surface area contributed by atoms with Gasteiger partial charge in [-0.25, -0.2) is 0 Å². The molecule has 20 heavy (non-hydrogen) atoms. The molecule has 0 spiro atoms. The Morgan fingerprint density at radius 2 is 1.80 bits per heavy atom. The zero-order valence-electron chi connectivity index (χ0n) is 12.0. The predicted octanol–water partition coefficient (Wildman–Crippen LogP) is 3.90. The SMILES string of the molecule is Cc1cncc(C(N)C2(c3ccccc3)CCCC2)c1. The van der Waals surface area contributed by atoms with Gasteiger partial charge >= 0.3 is 0 Å². The van der Waals surface area contributed by atoms with Gasteiger partial charge in [0, 0.05) is 23.9 Å². The summed E-state index contributed by atoms with van der Waals surface area (Å²) in [6.45, 7) is 2.08. The normalized spacial score (nSPS) is 18.9. The Morgan fingerprint density at radius 3 is 2.45 bits per heavy atom. The summed E-state index contributed by atoms with van der Waals surface area (Å²) in [6.07, 6.45) is 8.70. The van der Waals surface area contributed by atoms with Crippen LogP contribution in [0.4, 0.5) is 0 Å². The number of aromatic nitrogens is 1. The first-order valence-corrected chi connectivity index (χ1v) is 7.45. The Balaban J connectivity index is 2.03. The molecule has 2 heteroatoms. The van der Waals surface area contributed by atoms with Gasteiger partial charge in [-0.1, -0.05) is 49.2 Å². The Kier molecular flexibility index (Phi) is 3.58. The zero-order chi connectivity index (χ0) is 14.0. The maximum absolute atomic E-state index is 6.70. The number of aryl methyl sites for hydroxylation is 1. The zero-order valence-corrected chi connectivity index (χ0v) is 12.0. The van der Waals surface area contributed by atoms with Crippen LogP contribution in [0, 0.1) is 6.92 Å². The third kappa shape index (κ3) is 2.25. The van der Waals surface area contributed by atoms with Crippen molar-refractivity contribution in [3.63, 3.8) is 0 Å². The van der Waals surface area contributed by atoms with E-state index in [1.54, 1.807) is 0 Å². The molecule has 1 aliphatic rings. The molecular weight excluding hydrogens is 244 g/mol. The van der Waals surface area contributed by atoms with Crippen LogP contribution in [0.15, 0.2) is 48.8 Å². The fraction of sp³-hybridized carbons (Fsp3) is 0.389. The maximum Gasteiger partial charge on any atom is 0.0408 e. The predicted molar refractivity (Wildman–Crippen MR) is 82.5 cm³/mol. The molecule has 1 aromatic carbocycles. The molecule has 1 heterocycles. The van der Waals surface area contributed by atoms with Crippen molar-refractivity contribution in [2.45, 2.75) is 44.1 Å². The van der Waals surface area contributed by atoms with Crippen molar-refractivity contribution in [1.82, 2.24) is 4.98 Å². The van der Waals surface area contributed by atoms with Crippen LogP contribution >= 0.6 is 0 Å². The molecule has 0 amide bonds. The lowest BCUT2D eigenvalue weighted by atomic mass is 9.71. The number of pyridine rings is 1. The summed E-state index contributed by atoms with van der Waals surface area (Å²) in [6, 6.07) is 13.0. The minimum Gasteiger partial charge on any atom is -0.323 e. The van der Waals surface area contributed by atoms with Gasteiger partial charge in [0.15, 0.2) is 0 Å². The number of nitrogens with two attached hydrogens (primary N) is 1. The first-order valence-electron chi connectivity index (χ1n) is 7.45. The molecule has 0 bridgehead atoms. The summed E-state index contributed by atoms with van der Waals surface area (Å²) < 4.78 is 0. The molecule has 1 aromatic heterocycles. The maximum atomic E-state index is 6.70. The summed E-state index contributed by atoms with van der Waals surface area (Å²) in [4.78, 5) is 4.32. The molecular formula is C18H22N2. The lowest BCUT2D eigenvalue weighted by molar-refractivity contribution is 0.356. The average molecular weight is 266 g/mol. The van der Waals surface area contributed by atoms with Crippen LogP contribution in [0.3, 0.4) is 0 Å². The molecule has 1 aliphatic carbocycles. The third-order valence-corrected chi connectivity index (χ3v) is 4.70. The largest absolute Gasteiger partial charge is 0.323 e. The van der Waals surface area contributed by atoms with Crippen molar-refractivity contribution in [3.8, 4) is 0 Å². The summed E-state index contributed by atoms with van der Waals surface area (Å²) in [5, 5.41) is 0. The molecule has 2 N–H and O–H groups in total. The summed E-state index contributed by atoms with van der Waals surface area (Å²) in [5.74, 6) is 0. The topological polar surface area (TPSA) is 38.9 Å². The summed E-state index contributed by atoms with van der Waals surface area (Å²) in [5.41, 5.74) is 10.5. The van der Waals surface area contributed by atoms with Gasteiger partial charge in [-0.15, -0.1) is 0 Å². The van der Waals surface area contributed by atoms with E-state index in [2.05, 4.69) is 48.3 Å². The fourth-order valence-electron chi connectivity index (χ4n) is 3.62. The smallest absolute Gasteiger partial charge is 0.0408 e. The Hall–Kier alpha value is -1.67. The van der Waals surface area contributed by atoms with Gasteiger partial charge in [0.05, 0.1) is 0 Å². The van der Waals surface area contributed by atoms with Crippen molar-refractivity contribution >= 4 is 0 Å². The highest BCUT2D eigenvalue weighted by Crippen LogP contribution is 2.48. The first-order chi connectivity index (χ1) is 9.72. The van der Waals surface area contributed by atoms with Gasteiger partial charge in [0.1, 0.15) is 0 Å². The van der Waals surface area contributed by atoms with E-state index in [-0.39, 0.29) is 11.5 Å². The standard InChI is InChI=1S/C18H22N2/c1-14-11-15(13-20-12-14)17(19)18(9-5-6-10-18)16-7-3-2-4-8-16/h2-4,7-8,11-13,17H,5-6,9-10,19H2,1H3. The molecule has 1 fully saturated rings.